The molecule has 0 aliphatic rings. The number of nitrogens with zero attached hydrogens (tertiary/aromatic N) is 4. The van der Waals surface area contributed by atoms with Gasteiger partial charge in [-0.05, 0) is 48.5 Å². The number of nitriles is 4. The molecule has 0 aliphatic heterocycles. The van der Waals surface area contributed by atoms with Crippen molar-refractivity contribution >= 4 is 34.8 Å². The Labute approximate surface area is 191 Å². The zero-order chi connectivity index (χ0) is 22.5. The second-order valence-corrected chi connectivity index (χ2v) is 8.46. The topological polar surface area (TPSA) is 121 Å². The van der Waals surface area contributed by atoms with Crippen molar-refractivity contribution in [3.63, 3.8) is 0 Å². The second kappa shape index (κ2) is 9.04. The molecule has 4 aromatic rings. The van der Waals surface area contributed by atoms with Gasteiger partial charge < -0.3 is 8.83 Å². The van der Waals surface area contributed by atoms with E-state index in [-0.39, 0.29) is 11.1 Å². The quantitative estimate of drug-likeness (QED) is 0.306. The van der Waals surface area contributed by atoms with Crippen LogP contribution in [0, 0.1) is 45.3 Å². The molecule has 8 heteroatoms. The number of hydrogen-bond donors (Lipinski definition) is 0. The highest BCUT2D eigenvalue weighted by atomic mass is 32.1. The van der Waals surface area contributed by atoms with Gasteiger partial charge in [0.15, 0.2) is 0 Å². The van der Waals surface area contributed by atoms with E-state index in [1.54, 1.807) is 34.8 Å². The van der Waals surface area contributed by atoms with Crippen LogP contribution in [-0.4, -0.2) is 0 Å². The minimum atomic E-state index is -0.0167. The van der Waals surface area contributed by atoms with Crippen molar-refractivity contribution < 1.29 is 8.83 Å². The van der Waals surface area contributed by atoms with E-state index >= 15 is 0 Å². The average molecular weight is 451 g/mol. The minimum absolute atomic E-state index is 0.0167. The summed E-state index contributed by atoms with van der Waals surface area (Å²) in [6.07, 6.45) is 2.82. The molecule has 4 rings (SSSR count). The first-order valence-corrected chi connectivity index (χ1v) is 10.7. The van der Waals surface area contributed by atoms with Gasteiger partial charge in [-0.3, -0.25) is 0 Å². The van der Waals surface area contributed by atoms with Crippen LogP contribution in [0.5, 0.6) is 0 Å². The van der Waals surface area contributed by atoms with Crippen LogP contribution < -0.4 is 0 Å². The van der Waals surface area contributed by atoms with Gasteiger partial charge >= 0.3 is 0 Å². The van der Waals surface area contributed by atoms with Gasteiger partial charge in [0.1, 0.15) is 58.5 Å². The molecule has 0 radical (unpaired) electrons. The molecule has 0 bridgehead atoms. The third kappa shape index (κ3) is 4.29. The first-order valence-electron chi connectivity index (χ1n) is 9.07. The summed E-state index contributed by atoms with van der Waals surface area (Å²) in [5.41, 5.74) is -0.0335. The van der Waals surface area contributed by atoms with Crippen LogP contribution in [0.25, 0.3) is 43.2 Å². The summed E-state index contributed by atoms with van der Waals surface area (Å²) in [5, 5.41) is 35.5. The van der Waals surface area contributed by atoms with Gasteiger partial charge in [0, 0.05) is 21.9 Å². The van der Waals surface area contributed by atoms with E-state index in [1.165, 1.54) is 12.2 Å². The Hall–Kier alpha value is -4.60. The van der Waals surface area contributed by atoms with Crippen molar-refractivity contribution in [2.45, 2.75) is 0 Å². The van der Waals surface area contributed by atoms with Crippen LogP contribution in [0.1, 0.15) is 11.5 Å². The van der Waals surface area contributed by atoms with Crippen molar-refractivity contribution in [2.75, 3.05) is 0 Å². The molecule has 32 heavy (non-hydrogen) atoms. The third-order valence-corrected chi connectivity index (χ3v) is 6.64. The highest BCUT2D eigenvalue weighted by Crippen LogP contribution is 2.41. The monoisotopic (exact) mass is 450 g/mol. The molecule has 0 saturated carbocycles. The molecular formula is C24H10N4O2S2. The van der Waals surface area contributed by atoms with E-state index in [1.807, 2.05) is 60.7 Å². The van der Waals surface area contributed by atoms with E-state index in [4.69, 9.17) is 29.9 Å². The van der Waals surface area contributed by atoms with Gasteiger partial charge in [-0.25, -0.2) is 0 Å². The van der Waals surface area contributed by atoms with E-state index in [2.05, 4.69) is 0 Å². The number of thiophene rings is 2. The van der Waals surface area contributed by atoms with E-state index < -0.39 is 0 Å². The molecular weight excluding hydrogens is 440 g/mol. The van der Waals surface area contributed by atoms with Gasteiger partial charge in [-0.15, -0.1) is 22.7 Å². The van der Waals surface area contributed by atoms with E-state index in [0.29, 0.717) is 23.0 Å². The fourth-order valence-corrected chi connectivity index (χ4v) is 4.82. The van der Waals surface area contributed by atoms with Crippen LogP contribution in [-0.2, 0) is 0 Å². The zero-order valence-electron chi connectivity index (χ0n) is 16.2. The van der Waals surface area contributed by atoms with Crippen molar-refractivity contribution in [1.82, 2.24) is 0 Å². The van der Waals surface area contributed by atoms with Gasteiger partial charge in [0.2, 0.25) is 0 Å². The molecule has 0 saturated heterocycles. The Bertz CT molecular complexity index is 1380. The number of allylic oxidation sites excluding steroid dienone is 2. The van der Waals surface area contributed by atoms with Crippen LogP contribution in [0.2, 0.25) is 0 Å². The molecule has 0 N–H and O–H groups in total. The van der Waals surface area contributed by atoms with Crippen molar-refractivity contribution in [2.24, 2.45) is 0 Å². The predicted octanol–water partition coefficient (Wildman–Crippen LogP) is 6.86. The molecule has 0 fully saturated rings. The summed E-state index contributed by atoms with van der Waals surface area (Å²) in [6.45, 7) is 0. The van der Waals surface area contributed by atoms with Gasteiger partial charge in [-0.1, -0.05) is 0 Å². The molecule has 0 atom stereocenters. The normalized spacial score (nSPS) is 9.75. The molecule has 0 aromatic carbocycles. The van der Waals surface area contributed by atoms with Gasteiger partial charge in [0.05, 0.1) is 9.75 Å². The summed E-state index contributed by atoms with van der Waals surface area (Å²) in [4.78, 5) is 3.97. The number of rotatable bonds is 5. The lowest BCUT2D eigenvalue weighted by molar-refractivity contribution is 0.572. The van der Waals surface area contributed by atoms with E-state index in [9.17, 15) is 0 Å². The lowest BCUT2D eigenvalue weighted by Gasteiger charge is -1.92. The summed E-state index contributed by atoms with van der Waals surface area (Å²) in [5.74, 6) is 2.22. The third-order valence-electron chi connectivity index (χ3n) is 4.25. The Balaban J connectivity index is 1.55. The Morgan fingerprint density at radius 1 is 0.562 bits per heavy atom. The number of hydrogen-bond acceptors (Lipinski definition) is 8. The van der Waals surface area contributed by atoms with Gasteiger partial charge in [-0.2, -0.15) is 21.0 Å². The molecule has 6 nitrogen and oxygen atoms in total. The van der Waals surface area contributed by atoms with Crippen molar-refractivity contribution in [1.29, 1.82) is 21.0 Å². The van der Waals surface area contributed by atoms with Crippen LogP contribution in [0.3, 0.4) is 0 Å². The molecule has 0 aliphatic carbocycles. The molecule has 4 heterocycles. The zero-order valence-corrected chi connectivity index (χ0v) is 17.8. The van der Waals surface area contributed by atoms with Gasteiger partial charge in [0.25, 0.3) is 0 Å². The predicted molar refractivity (Wildman–Crippen MR) is 121 cm³/mol. The molecule has 0 amide bonds. The summed E-state index contributed by atoms with van der Waals surface area (Å²) in [7, 11) is 0. The average Bonchev–Trinajstić information content (AvgIpc) is 3.61. The maximum atomic E-state index is 8.87. The molecule has 0 spiro atoms. The standard InChI is InChI=1S/C24H10N4O2S2/c25-11-15(12-26)9-17-1-3-19(29-17)21-5-7-23(31-21)24-8-6-22(32-24)20-4-2-18(30-20)10-16(13-27)14-28/h1-10H. The molecule has 150 valence electrons. The molecule has 4 aromatic heterocycles. The lowest BCUT2D eigenvalue weighted by Crippen LogP contribution is -1.70. The summed E-state index contributed by atoms with van der Waals surface area (Å²) >= 11 is 3.13. The fraction of sp³-hybridized carbons (Fsp3) is 0. The van der Waals surface area contributed by atoms with Crippen LogP contribution >= 0.6 is 22.7 Å². The lowest BCUT2D eigenvalue weighted by atomic mass is 10.2. The molecule has 0 unspecified atom stereocenters. The van der Waals surface area contributed by atoms with Crippen LogP contribution in [0.15, 0.2) is 68.5 Å². The Kier molecular flexibility index (Phi) is 5.84. The number of furan rings is 2. The maximum Gasteiger partial charge on any atom is 0.144 e. The van der Waals surface area contributed by atoms with Crippen molar-refractivity contribution in [3.05, 3.63) is 71.2 Å². The van der Waals surface area contributed by atoms with E-state index in [0.717, 1.165) is 19.5 Å². The minimum Gasteiger partial charge on any atom is -0.456 e. The maximum absolute atomic E-state index is 8.87. The smallest absolute Gasteiger partial charge is 0.144 e. The summed E-state index contributed by atoms with van der Waals surface area (Å²) < 4.78 is 11.5. The summed E-state index contributed by atoms with van der Waals surface area (Å²) in [6, 6.07) is 22.2. The second-order valence-electron chi connectivity index (χ2n) is 6.30. The first-order chi connectivity index (χ1) is 15.6. The Morgan fingerprint density at radius 3 is 1.31 bits per heavy atom. The van der Waals surface area contributed by atoms with Crippen LogP contribution in [0.4, 0.5) is 0 Å². The fourth-order valence-electron chi connectivity index (χ4n) is 2.79. The SMILES string of the molecule is N#CC(C#N)=Cc1ccc(-c2ccc(-c3ccc(-c4ccc(C=C(C#N)C#N)o4)s3)s2)o1. The highest BCUT2D eigenvalue weighted by molar-refractivity contribution is 7.25. The Morgan fingerprint density at radius 2 is 0.938 bits per heavy atom. The highest BCUT2D eigenvalue weighted by Gasteiger charge is 2.13. The van der Waals surface area contributed by atoms with Crippen molar-refractivity contribution in [3.8, 4) is 55.3 Å². The largest absolute Gasteiger partial charge is 0.456 e. The first kappa shape index (κ1) is 20.7.